The number of pyridine rings is 1. The van der Waals surface area contributed by atoms with Gasteiger partial charge in [0.15, 0.2) is 17.1 Å². The highest BCUT2D eigenvalue weighted by atomic mass is 15.3. The van der Waals surface area contributed by atoms with E-state index in [0.29, 0.717) is 5.82 Å². The molecule has 0 N–H and O–H groups in total. The highest BCUT2D eigenvalue weighted by molar-refractivity contribution is 5.95. The molecule has 0 unspecified atom stereocenters. The molecule has 6 nitrogen and oxygen atoms in total. The molecule has 0 saturated heterocycles. The summed E-state index contributed by atoms with van der Waals surface area (Å²) >= 11 is 0. The third-order valence-electron chi connectivity index (χ3n) is 5.10. The average Bonchev–Trinajstić information content (AvgIpc) is 3.22. The highest BCUT2D eigenvalue weighted by Crippen LogP contribution is 2.30. The largest absolute Gasteiger partial charge is 0.282 e. The van der Waals surface area contributed by atoms with E-state index in [1.54, 1.807) is 17.0 Å². The Balaban J connectivity index is 1.83. The summed E-state index contributed by atoms with van der Waals surface area (Å²) in [6, 6.07) is 14.0. The smallest absolute Gasteiger partial charge is 0.182 e. The van der Waals surface area contributed by atoms with Gasteiger partial charge in [0, 0.05) is 17.5 Å². The number of aromatic nitrogens is 6. The van der Waals surface area contributed by atoms with Gasteiger partial charge >= 0.3 is 0 Å². The van der Waals surface area contributed by atoms with Gasteiger partial charge in [-0.05, 0) is 44.0 Å². The van der Waals surface area contributed by atoms with Crippen LogP contribution in [-0.4, -0.2) is 29.1 Å². The van der Waals surface area contributed by atoms with Crippen molar-refractivity contribution >= 4 is 16.7 Å². The van der Waals surface area contributed by atoms with Gasteiger partial charge in [-0.25, -0.2) is 19.5 Å². The first-order valence-electron chi connectivity index (χ1n) is 8.85. The number of benzene rings is 1. The summed E-state index contributed by atoms with van der Waals surface area (Å²) in [4.78, 5) is 14.0. The maximum absolute atomic E-state index is 4.86. The molecule has 4 heterocycles. The third-order valence-corrected chi connectivity index (χ3v) is 5.10. The molecule has 5 aromatic rings. The van der Waals surface area contributed by atoms with E-state index in [9.17, 15) is 0 Å². The maximum Gasteiger partial charge on any atom is 0.182 e. The second-order valence-corrected chi connectivity index (χ2v) is 6.70. The summed E-state index contributed by atoms with van der Waals surface area (Å²) < 4.78 is 3.84. The van der Waals surface area contributed by atoms with E-state index < -0.39 is 0 Å². The number of hydrogen-bond acceptors (Lipinski definition) is 4. The Morgan fingerprint density at radius 2 is 1.67 bits per heavy atom. The van der Waals surface area contributed by atoms with Crippen LogP contribution in [0.15, 0.2) is 55.0 Å². The monoisotopic (exact) mass is 354 g/mol. The SMILES string of the molecule is Cc1ccccc1-c1nc2c3c(C)c(C)n(-c4ccccn4)c3ncn2n1. The number of nitrogens with zero attached hydrogens (tertiary/aromatic N) is 6. The molecule has 6 heteroatoms. The molecule has 27 heavy (non-hydrogen) atoms. The lowest BCUT2D eigenvalue weighted by Crippen LogP contribution is -2.01. The van der Waals surface area contributed by atoms with Gasteiger partial charge in [-0.2, -0.15) is 0 Å². The zero-order valence-corrected chi connectivity index (χ0v) is 15.4. The molecule has 1 aromatic carbocycles. The lowest BCUT2D eigenvalue weighted by Gasteiger charge is -2.05. The summed E-state index contributed by atoms with van der Waals surface area (Å²) in [5.41, 5.74) is 6.08. The van der Waals surface area contributed by atoms with E-state index >= 15 is 0 Å². The van der Waals surface area contributed by atoms with Gasteiger partial charge < -0.3 is 0 Å². The molecule has 0 amide bonds. The van der Waals surface area contributed by atoms with Gasteiger partial charge in [0.25, 0.3) is 0 Å². The number of fused-ring (bicyclic) bond motifs is 3. The van der Waals surface area contributed by atoms with Crippen molar-refractivity contribution in [1.29, 1.82) is 0 Å². The zero-order chi connectivity index (χ0) is 18.5. The van der Waals surface area contributed by atoms with Crippen molar-refractivity contribution < 1.29 is 0 Å². The molecule has 0 fully saturated rings. The summed E-state index contributed by atoms with van der Waals surface area (Å²) in [5.74, 6) is 1.56. The van der Waals surface area contributed by atoms with Gasteiger partial charge in [0.05, 0.1) is 5.39 Å². The third kappa shape index (κ3) is 2.26. The standard InChI is InChI=1S/C21H18N6/c1-13-8-4-5-9-16(13)19-24-21-18-14(2)15(3)27(17-10-6-7-11-22-17)20(18)23-12-26(21)25-19/h4-12H,1-3H3. The summed E-state index contributed by atoms with van der Waals surface area (Å²) in [6.07, 6.45) is 3.52. The van der Waals surface area contributed by atoms with E-state index in [4.69, 9.17) is 4.98 Å². The van der Waals surface area contributed by atoms with Crippen LogP contribution < -0.4 is 0 Å². The van der Waals surface area contributed by atoms with Gasteiger partial charge in [0.2, 0.25) is 0 Å². The molecule has 0 atom stereocenters. The molecule has 0 aliphatic carbocycles. The average molecular weight is 354 g/mol. The second-order valence-electron chi connectivity index (χ2n) is 6.70. The Hall–Kier alpha value is -3.54. The van der Waals surface area contributed by atoms with E-state index in [0.717, 1.165) is 44.9 Å². The first-order chi connectivity index (χ1) is 13.1. The van der Waals surface area contributed by atoms with Gasteiger partial charge in [-0.3, -0.25) is 4.57 Å². The van der Waals surface area contributed by atoms with E-state index in [1.807, 2.05) is 36.4 Å². The van der Waals surface area contributed by atoms with E-state index in [-0.39, 0.29) is 0 Å². The van der Waals surface area contributed by atoms with Crippen molar-refractivity contribution in [3.63, 3.8) is 0 Å². The molecule has 4 aromatic heterocycles. The predicted molar refractivity (Wildman–Crippen MR) is 105 cm³/mol. The van der Waals surface area contributed by atoms with Crippen molar-refractivity contribution in [2.75, 3.05) is 0 Å². The normalized spacial score (nSPS) is 11.5. The minimum atomic E-state index is 0.713. The van der Waals surface area contributed by atoms with E-state index in [1.165, 1.54) is 0 Å². The Bertz CT molecular complexity index is 1300. The molecular formula is C21H18N6. The summed E-state index contributed by atoms with van der Waals surface area (Å²) in [7, 11) is 0. The number of aryl methyl sites for hydroxylation is 2. The lowest BCUT2D eigenvalue weighted by molar-refractivity contribution is 0.919. The summed E-state index contributed by atoms with van der Waals surface area (Å²) in [6.45, 7) is 6.25. The molecule has 0 aliphatic rings. The predicted octanol–water partition coefficient (Wildman–Crippen LogP) is 4.06. The van der Waals surface area contributed by atoms with Gasteiger partial charge in [-0.1, -0.05) is 30.3 Å². The van der Waals surface area contributed by atoms with Crippen LogP contribution in [0.3, 0.4) is 0 Å². The number of hydrogen-bond donors (Lipinski definition) is 0. The molecule has 0 bridgehead atoms. The summed E-state index contributed by atoms with van der Waals surface area (Å²) in [5, 5.41) is 5.67. The van der Waals surface area contributed by atoms with Crippen molar-refractivity contribution in [1.82, 2.24) is 29.1 Å². The van der Waals surface area contributed by atoms with Crippen molar-refractivity contribution in [2.45, 2.75) is 20.8 Å². The minimum Gasteiger partial charge on any atom is -0.282 e. The molecular weight excluding hydrogens is 336 g/mol. The van der Waals surface area contributed by atoms with Gasteiger partial charge in [0.1, 0.15) is 12.1 Å². The molecule has 132 valence electrons. The topological polar surface area (TPSA) is 60.9 Å². The maximum atomic E-state index is 4.86. The van der Waals surface area contributed by atoms with Crippen LogP contribution in [0.5, 0.6) is 0 Å². The Kier molecular flexibility index (Phi) is 3.33. The number of rotatable bonds is 2. The fraction of sp³-hybridized carbons (Fsp3) is 0.143. The van der Waals surface area contributed by atoms with Crippen LogP contribution in [-0.2, 0) is 0 Å². The van der Waals surface area contributed by atoms with Crippen LogP contribution in [0, 0.1) is 20.8 Å². The first-order valence-corrected chi connectivity index (χ1v) is 8.85. The van der Waals surface area contributed by atoms with Crippen molar-refractivity contribution in [2.24, 2.45) is 0 Å². The fourth-order valence-corrected chi connectivity index (χ4v) is 3.56. The minimum absolute atomic E-state index is 0.713. The van der Waals surface area contributed by atoms with Crippen LogP contribution in [0.1, 0.15) is 16.8 Å². The lowest BCUT2D eigenvalue weighted by atomic mass is 10.1. The van der Waals surface area contributed by atoms with Crippen molar-refractivity contribution in [3.05, 3.63) is 71.8 Å². The molecule has 5 rings (SSSR count). The highest BCUT2D eigenvalue weighted by Gasteiger charge is 2.19. The molecule has 0 saturated carbocycles. The van der Waals surface area contributed by atoms with Crippen LogP contribution in [0.25, 0.3) is 33.9 Å². The quantitative estimate of drug-likeness (QED) is 0.480. The Labute approximate surface area is 156 Å². The van der Waals surface area contributed by atoms with E-state index in [2.05, 4.69) is 46.5 Å². The second kappa shape index (κ2) is 5.74. The molecule has 0 spiro atoms. The zero-order valence-electron chi connectivity index (χ0n) is 15.4. The Morgan fingerprint density at radius 3 is 2.44 bits per heavy atom. The molecule has 0 radical (unpaired) electrons. The fourth-order valence-electron chi connectivity index (χ4n) is 3.56. The Morgan fingerprint density at radius 1 is 0.852 bits per heavy atom. The molecule has 0 aliphatic heterocycles. The van der Waals surface area contributed by atoms with Crippen LogP contribution >= 0.6 is 0 Å². The van der Waals surface area contributed by atoms with Crippen LogP contribution in [0.2, 0.25) is 0 Å². The van der Waals surface area contributed by atoms with Crippen molar-refractivity contribution in [3.8, 4) is 17.2 Å². The van der Waals surface area contributed by atoms with Crippen LogP contribution in [0.4, 0.5) is 0 Å². The first kappa shape index (κ1) is 15.7. The van der Waals surface area contributed by atoms with Gasteiger partial charge in [-0.15, -0.1) is 5.10 Å².